The van der Waals surface area contributed by atoms with Crippen molar-refractivity contribution in [3.05, 3.63) is 0 Å². The molecule has 0 aromatic carbocycles. The second-order valence-corrected chi connectivity index (χ2v) is 5.82. The van der Waals surface area contributed by atoms with Crippen LogP contribution in [0.2, 0.25) is 0 Å². The molecule has 1 rings (SSSR count). The number of likely N-dealkylation sites (tertiary alicyclic amines) is 1. The number of hydrogen-bond donors (Lipinski definition) is 1. The fourth-order valence-corrected chi connectivity index (χ4v) is 2.82. The number of rotatable bonds is 6. The van der Waals surface area contributed by atoms with Gasteiger partial charge in [-0.3, -0.25) is 4.79 Å². The lowest BCUT2D eigenvalue weighted by molar-refractivity contribution is -0.150. The highest BCUT2D eigenvalue weighted by Gasteiger charge is 2.38. The quantitative estimate of drug-likeness (QED) is 0.777. The van der Waals surface area contributed by atoms with Gasteiger partial charge in [0.05, 0.1) is 5.41 Å². The molecule has 0 amide bonds. The van der Waals surface area contributed by atoms with Gasteiger partial charge in [0.15, 0.2) is 0 Å². The molecule has 100 valence electrons. The number of hydrogen-bond acceptors (Lipinski definition) is 2. The summed E-state index contributed by atoms with van der Waals surface area (Å²) in [7, 11) is 0. The van der Waals surface area contributed by atoms with Gasteiger partial charge < -0.3 is 10.0 Å². The summed E-state index contributed by atoms with van der Waals surface area (Å²) in [5.74, 6) is 0.827. The van der Waals surface area contributed by atoms with E-state index in [2.05, 4.69) is 18.7 Å². The van der Waals surface area contributed by atoms with Gasteiger partial charge >= 0.3 is 5.97 Å². The summed E-state index contributed by atoms with van der Waals surface area (Å²) in [6, 6.07) is 0. The zero-order chi connectivity index (χ0) is 13.1. The lowest BCUT2D eigenvalue weighted by Gasteiger charge is -2.31. The smallest absolute Gasteiger partial charge is 0.310 e. The monoisotopic (exact) mass is 241 g/mol. The van der Waals surface area contributed by atoms with Crippen molar-refractivity contribution in [3.8, 4) is 0 Å². The first-order valence-electron chi connectivity index (χ1n) is 6.91. The molecule has 1 atom stereocenters. The summed E-state index contributed by atoms with van der Waals surface area (Å²) in [5.41, 5.74) is -0.536. The van der Waals surface area contributed by atoms with Gasteiger partial charge in [-0.15, -0.1) is 0 Å². The molecule has 3 heteroatoms. The van der Waals surface area contributed by atoms with E-state index in [1.807, 2.05) is 13.8 Å². The second-order valence-electron chi connectivity index (χ2n) is 5.82. The van der Waals surface area contributed by atoms with Gasteiger partial charge in [-0.1, -0.05) is 27.7 Å². The van der Waals surface area contributed by atoms with Gasteiger partial charge in [0.1, 0.15) is 0 Å². The lowest BCUT2D eigenvalue weighted by atomic mass is 9.82. The summed E-state index contributed by atoms with van der Waals surface area (Å²) in [4.78, 5) is 13.8. The van der Waals surface area contributed by atoms with E-state index < -0.39 is 11.4 Å². The van der Waals surface area contributed by atoms with Crippen LogP contribution in [-0.2, 0) is 4.79 Å². The predicted octanol–water partition coefficient (Wildman–Crippen LogP) is 2.86. The number of carbonyl (C=O) groups is 1. The maximum atomic E-state index is 11.5. The van der Waals surface area contributed by atoms with Crippen molar-refractivity contribution in [1.82, 2.24) is 4.90 Å². The molecule has 0 bridgehead atoms. The Morgan fingerprint density at radius 1 is 1.41 bits per heavy atom. The molecule has 1 unspecified atom stereocenters. The third-order valence-electron chi connectivity index (χ3n) is 4.59. The van der Waals surface area contributed by atoms with E-state index >= 15 is 0 Å². The minimum absolute atomic E-state index is 0.536. The van der Waals surface area contributed by atoms with Crippen LogP contribution in [0.15, 0.2) is 0 Å². The van der Waals surface area contributed by atoms with E-state index in [4.69, 9.17) is 0 Å². The standard InChI is InChI=1S/C14H27NO2/c1-5-14(6-2,13(16)17)10-15-8-7-12(9-15)11(3)4/h11-12H,5-10H2,1-4H3,(H,16,17). The van der Waals surface area contributed by atoms with Crippen LogP contribution >= 0.6 is 0 Å². The molecule has 3 nitrogen and oxygen atoms in total. The Labute approximate surface area is 105 Å². The lowest BCUT2D eigenvalue weighted by Crippen LogP contribution is -2.41. The van der Waals surface area contributed by atoms with Gasteiger partial charge in [0.25, 0.3) is 0 Å². The molecule has 1 aliphatic heterocycles. The van der Waals surface area contributed by atoms with Crippen LogP contribution in [0.5, 0.6) is 0 Å². The van der Waals surface area contributed by atoms with Crippen LogP contribution < -0.4 is 0 Å². The highest BCUT2D eigenvalue weighted by molar-refractivity contribution is 5.74. The van der Waals surface area contributed by atoms with Gasteiger partial charge in [0.2, 0.25) is 0 Å². The van der Waals surface area contributed by atoms with Gasteiger partial charge in [-0.05, 0) is 37.6 Å². The fourth-order valence-electron chi connectivity index (χ4n) is 2.82. The Morgan fingerprint density at radius 3 is 2.35 bits per heavy atom. The zero-order valence-electron chi connectivity index (χ0n) is 11.7. The summed E-state index contributed by atoms with van der Waals surface area (Å²) >= 11 is 0. The van der Waals surface area contributed by atoms with Crippen LogP contribution in [0.1, 0.15) is 47.0 Å². The minimum Gasteiger partial charge on any atom is -0.481 e. The third kappa shape index (κ3) is 3.21. The molecular weight excluding hydrogens is 214 g/mol. The normalized spacial score (nSPS) is 22.3. The summed E-state index contributed by atoms with van der Waals surface area (Å²) < 4.78 is 0. The van der Waals surface area contributed by atoms with E-state index in [0.717, 1.165) is 38.4 Å². The van der Waals surface area contributed by atoms with Crippen LogP contribution in [0.25, 0.3) is 0 Å². The molecule has 0 spiro atoms. The molecule has 1 heterocycles. The largest absolute Gasteiger partial charge is 0.481 e. The molecule has 0 saturated carbocycles. The molecule has 0 radical (unpaired) electrons. The molecule has 1 saturated heterocycles. The Morgan fingerprint density at radius 2 is 2.00 bits per heavy atom. The van der Waals surface area contributed by atoms with Crippen LogP contribution in [-0.4, -0.2) is 35.6 Å². The Bertz CT molecular complexity index is 259. The van der Waals surface area contributed by atoms with Crippen LogP contribution in [0, 0.1) is 17.3 Å². The number of carboxylic acid groups (broad SMARTS) is 1. The second kappa shape index (κ2) is 5.85. The van der Waals surface area contributed by atoms with Gasteiger partial charge in [-0.25, -0.2) is 0 Å². The molecule has 1 N–H and O–H groups in total. The van der Waals surface area contributed by atoms with Crippen molar-refractivity contribution in [2.75, 3.05) is 19.6 Å². The minimum atomic E-state index is -0.629. The number of carboxylic acids is 1. The van der Waals surface area contributed by atoms with Crippen LogP contribution in [0.4, 0.5) is 0 Å². The topological polar surface area (TPSA) is 40.5 Å². The van der Waals surface area contributed by atoms with Crippen molar-refractivity contribution in [2.45, 2.75) is 47.0 Å². The van der Waals surface area contributed by atoms with Crippen molar-refractivity contribution in [1.29, 1.82) is 0 Å². The Balaban J connectivity index is 2.61. The highest BCUT2D eigenvalue weighted by atomic mass is 16.4. The predicted molar refractivity (Wildman–Crippen MR) is 70.0 cm³/mol. The van der Waals surface area contributed by atoms with Crippen molar-refractivity contribution >= 4 is 5.97 Å². The maximum absolute atomic E-state index is 11.5. The molecule has 0 aromatic rings. The van der Waals surface area contributed by atoms with E-state index in [9.17, 15) is 9.90 Å². The molecule has 0 aromatic heterocycles. The molecule has 17 heavy (non-hydrogen) atoms. The van der Waals surface area contributed by atoms with Crippen molar-refractivity contribution < 1.29 is 9.90 Å². The first-order valence-corrected chi connectivity index (χ1v) is 6.91. The fraction of sp³-hybridized carbons (Fsp3) is 0.929. The van der Waals surface area contributed by atoms with E-state index in [1.54, 1.807) is 0 Å². The third-order valence-corrected chi connectivity index (χ3v) is 4.59. The zero-order valence-corrected chi connectivity index (χ0v) is 11.7. The molecule has 1 aliphatic rings. The van der Waals surface area contributed by atoms with E-state index in [0.29, 0.717) is 5.92 Å². The Hall–Kier alpha value is -0.570. The average molecular weight is 241 g/mol. The first kappa shape index (κ1) is 14.5. The first-order chi connectivity index (χ1) is 7.95. The molecular formula is C14H27NO2. The SMILES string of the molecule is CCC(CC)(CN1CCC(C(C)C)C1)C(=O)O. The summed E-state index contributed by atoms with van der Waals surface area (Å²) in [6.45, 7) is 11.4. The van der Waals surface area contributed by atoms with Gasteiger partial charge in [0, 0.05) is 13.1 Å². The maximum Gasteiger partial charge on any atom is 0.310 e. The number of aliphatic carboxylic acids is 1. The number of nitrogens with zero attached hydrogens (tertiary/aromatic N) is 1. The Kier molecular flexibility index (Phi) is 4.99. The van der Waals surface area contributed by atoms with Crippen molar-refractivity contribution in [3.63, 3.8) is 0 Å². The average Bonchev–Trinajstić information content (AvgIpc) is 2.74. The van der Waals surface area contributed by atoms with Gasteiger partial charge in [-0.2, -0.15) is 0 Å². The summed E-state index contributed by atoms with van der Waals surface area (Å²) in [6.07, 6.45) is 2.67. The van der Waals surface area contributed by atoms with Crippen LogP contribution in [0.3, 0.4) is 0 Å². The van der Waals surface area contributed by atoms with E-state index in [1.165, 1.54) is 6.42 Å². The van der Waals surface area contributed by atoms with E-state index in [-0.39, 0.29) is 0 Å². The molecule has 0 aliphatic carbocycles. The highest BCUT2D eigenvalue weighted by Crippen LogP contribution is 2.32. The summed E-state index contributed by atoms with van der Waals surface area (Å²) in [5, 5.41) is 9.43. The van der Waals surface area contributed by atoms with Crippen molar-refractivity contribution in [2.24, 2.45) is 17.3 Å². The molecule has 1 fully saturated rings.